The minimum absolute atomic E-state index is 0.290. The van der Waals surface area contributed by atoms with E-state index in [1.807, 2.05) is 0 Å². The number of benzene rings is 2. The van der Waals surface area contributed by atoms with Crippen molar-refractivity contribution in [1.29, 1.82) is 5.26 Å². The molecule has 1 aromatic heterocycles. The molecule has 0 radical (unpaired) electrons. The molecule has 1 aliphatic rings. The molecular formula is C23H20N6O3. The van der Waals surface area contributed by atoms with Gasteiger partial charge in [-0.25, -0.2) is 9.48 Å². The summed E-state index contributed by atoms with van der Waals surface area (Å²) in [4.78, 5) is 29.4. The molecule has 0 spiro atoms. The van der Waals surface area contributed by atoms with Crippen LogP contribution >= 0.6 is 0 Å². The summed E-state index contributed by atoms with van der Waals surface area (Å²) >= 11 is 0. The van der Waals surface area contributed by atoms with E-state index in [2.05, 4.69) is 26.8 Å². The smallest absolute Gasteiger partial charge is 0.338 e. The van der Waals surface area contributed by atoms with Crippen molar-refractivity contribution in [3.8, 4) is 6.07 Å². The lowest BCUT2D eigenvalue weighted by molar-refractivity contribution is -0.113. The number of hydrogen-bond acceptors (Lipinski definition) is 7. The predicted octanol–water partition coefficient (Wildman–Crippen LogP) is 3.25. The standard InChI is InChI=1S/C23H20N6O3/c1-3-32-22(31)17-8-10-18(11-9-17)28-21(30)19-14(2)27-23-25-13-26-29(23)20(19)16-6-4-15(12-24)5-7-16/h4-11,13,20H,3H2,1-2H3,(H,28,30)(H,25,26,27). The Balaban J connectivity index is 1.64. The number of nitrogens with zero attached hydrogens (tertiary/aromatic N) is 4. The summed E-state index contributed by atoms with van der Waals surface area (Å²) in [5.74, 6) is -0.221. The van der Waals surface area contributed by atoms with Crippen LogP contribution in [0.1, 0.15) is 41.4 Å². The number of nitrogens with one attached hydrogen (secondary N) is 2. The first kappa shape index (κ1) is 20.8. The van der Waals surface area contributed by atoms with Gasteiger partial charge in [-0.1, -0.05) is 12.1 Å². The van der Waals surface area contributed by atoms with Crippen molar-refractivity contribution in [3.63, 3.8) is 0 Å². The number of hydrogen-bond donors (Lipinski definition) is 2. The van der Waals surface area contributed by atoms with E-state index in [-0.39, 0.29) is 5.91 Å². The molecule has 1 aliphatic heterocycles. The summed E-state index contributed by atoms with van der Waals surface area (Å²) < 4.78 is 6.62. The molecule has 2 heterocycles. The number of amides is 1. The average Bonchev–Trinajstić information content (AvgIpc) is 3.27. The number of nitriles is 1. The number of carbonyl (C=O) groups is 2. The number of esters is 1. The Morgan fingerprint density at radius 2 is 1.91 bits per heavy atom. The van der Waals surface area contributed by atoms with E-state index in [1.54, 1.807) is 67.1 Å². The number of rotatable bonds is 5. The third-order valence-corrected chi connectivity index (χ3v) is 5.05. The lowest BCUT2D eigenvalue weighted by atomic mass is 9.94. The topological polar surface area (TPSA) is 122 Å². The highest BCUT2D eigenvalue weighted by Crippen LogP contribution is 2.35. The summed E-state index contributed by atoms with van der Waals surface area (Å²) in [5, 5.41) is 19.4. The number of anilines is 2. The van der Waals surface area contributed by atoms with Crippen molar-refractivity contribution in [3.05, 3.63) is 82.8 Å². The van der Waals surface area contributed by atoms with Gasteiger partial charge in [0.2, 0.25) is 5.95 Å². The second-order valence-corrected chi connectivity index (χ2v) is 7.08. The minimum atomic E-state index is -0.528. The van der Waals surface area contributed by atoms with Gasteiger partial charge in [-0.2, -0.15) is 15.3 Å². The Morgan fingerprint density at radius 3 is 2.56 bits per heavy atom. The molecule has 2 aromatic carbocycles. The van der Waals surface area contributed by atoms with E-state index in [4.69, 9.17) is 10.00 Å². The second kappa shape index (κ2) is 8.73. The number of fused-ring (bicyclic) bond motifs is 1. The summed E-state index contributed by atoms with van der Waals surface area (Å²) in [7, 11) is 0. The summed E-state index contributed by atoms with van der Waals surface area (Å²) in [6.45, 7) is 3.83. The van der Waals surface area contributed by atoms with Crippen LogP contribution < -0.4 is 10.6 Å². The highest BCUT2D eigenvalue weighted by molar-refractivity contribution is 6.06. The normalized spacial score (nSPS) is 14.7. The first-order chi connectivity index (χ1) is 15.5. The van der Waals surface area contributed by atoms with Crippen LogP contribution in [0.3, 0.4) is 0 Å². The first-order valence-electron chi connectivity index (χ1n) is 9.97. The molecular weight excluding hydrogens is 408 g/mol. The van der Waals surface area contributed by atoms with Gasteiger partial charge in [0.15, 0.2) is 0 Å². The molecule has 2 N–H and O–H groups in total. The zero-order valence-electron chi connectivity index (χ0n) is 17.5. The third kappa shape index (κ3) is 3.94. The minimum Gasteiger partial charge on any atom is -0.462 e. The molecule has 160 valence electrons. The van der Waals surface area contributed by atoms with E-state index >= 15 is 0 Å². The van der Waals surface area contributed by atoms with Crippen LogP contribution in [0.15, 0.2) is 66.1 Å². The highest BCUT2D eigenvalue weighted by Gasteiger charge is 2.33. The Labute approximate surface area is 184 Å². The monoisotopic (exact) mass is 428 g/mol. The Morgan fingerprint density at radius 1 is 1.19 bits per heavy atom. The van der Waals surface area contributed by atoms with E-state index in [1.165, 1.54) is 6.33 Å². The molecule has 1 amide bonds. The van der Waals surface area contributed by atoms with Crippen molar-refractivity contribution in [2.75, 3.05) is 17.2 Å². The second-order valence-electron chi connectivity index (χ2n) is 7.08. The summed E-state index contributed by atoms with van der Waals surface area (Å²) in [6.07, 6.45) is 1.42. The molecule has 1 unspecified atom stereocenters. The average molecular weight is 428 g/mol. The first-order valence-corrected chi connectivity index (χ1v) is 9.97. The number of aromatic nitrogens is 3. The summed E-state index contributed by atoms with van der Waals surface area (Å²) in [6, 6.07) is 15.1. The van der Waals surface area contributed by atoms with Gasteiger partial charge in [0.1, 0.15) is 12.4 Å². The van der Waals surface area contributed by atoms with E-state index in [9.17, 15) is 9.59 Å². The van der Waals surface area contributed by atoms with E-state index in [0.29, 0.717) is 40.6 Å². The molecule has 0 saturated carbocycles. The van der Waals surface area contributed by atoms with Crippen LogP contribution in [0.5, 0.6) is 0 Å². The molecule has 4 rings (SSSR count). The van der Waals surface area contributed by atoms with Crippen LogP contribution in [-0.2, 0) is 9.53 Å². The molecule has 32 heavy (non-hydrogen) atoms. The van der Waals surface area contributed by atoms with E-state index in [0.717, 1.165) is 5.56 Å². The van der Waals surface area contributed by atoms with Crippen LogP contribution in [0.2, 0.25) is 0 Å². The van der Waals surface area contributed by atoms with Crippen molar-refractivity contribution < 1.29 is 14.3 Å². The van der Waals surface area contributed by atoms with Gasteiger partial charge < -0.3 is 15.4 Å². The van der Waals surface area contributed by atoms with E-state index < -0.39 is 12.0 Å². The lowest BCUT2D eigenvalue weighted by Crippen LogP contribution is -2.31. The van der Waals surface area contributed by atoms with Crippen molar-refractivity contribution in [2.45, 2.75) is 19.9 Å². The Bertz CT molecular complexity index is 1240. The highest BCUT2D eigenvalue weighted by atomic mass is 16.5. The fraction of sp³-hybridized carbons (Fsp3) is 0.174. The SMILES string of the molecule is CCOC(=O)c1ccc(NC(=O)C2=C(C)Nc3ncnn3C2c2ccc(C#N)cc2)cc1. The Hall–Kier alpha value is -4.45. The van der Waals surface area contributed by atoms with Gasteiger partial charge in [-0.15, -0.1) is 0 Å². The Kier molecular flexibility index (Phi) is 5.68. The lowest BCUT2D eigenvalue weighted by Gasteiger charge is -2.28. The number of allylic oxidation sites excluding steroid dienone is 1. The molecule has 9 nitrogen and oxygen atoms in total. The zero-order chi connectivity index (χ0) is 22.7. The predicted molar refractivity (Wildman–Crippen MR) is 117 cm³/mol. The van der Waals surface area contributed by atoms with Crippen molar-refractivity contribution >= 4 is 23.5 Å². The van der Waals surface area contributed by atoms with Gasteiger partial charge in [0, 0.05) is 11.4 Å². The molecule has 0 saturated heterocycles. The fourth-order valence-corrected chi connectivity index (χ4v) is 3.54. The van der Waals surface area contributed by atoms with Crippen molar-refractivity contribution in [1.82, 2.24) is 14.8 Å². The molecule has 0 bridgehead atoms. The maximum absolute atomic E-state index is 13.3. The fourth-order valence-electron chi connectivity index (χ4n) is 3.54. The van der Waals surface area contributed by atoms with Crippen LogP contribution in [-0.4, -0.2) is 33.2 Å². The zero-order valence-corrected chi connectivity index (χ0v) is 17.5. The van der Waals surface area contributed by atoms with Gasteiger partial charge in [-0.05, 0) is 55.8 Å². The van der Waals surface area contributed by atoms with Gasteiger partial charge in [0.05, 0.1) is 29.4 Å². The number of ether oxygens (including phenoxy) is 1. The van der Waals surface area contributed by atoms with Gasteiger partial charge in [0.25, 0.3) is 5.91 Å². The summed E-state index contributed by atoms with van der Waals surface area (Å²) in [5.41, 5.74) is 3.35. The van der Waals surface area contributed by atoms with Gasteiger partial charge in [-0.3, -0.25) is 4.79 Å². The largest absolute Gasteiger partial charge is 0.462 e. The van der Waals surface area contributed by atoms with Crippen LogP contribution in [0.25, 0.3) is 0 Å². The number of carbonyl (C=O) groups excluding carboxylic acids is 2. The van der Waals surface area contributed by atoms with Crippen LogP contribution in [0, 0.1) is 11.3 Å². The molecule has 3 aromatic rings. The quantitative estimate of drug-likeness (QED) is 0.598. The van der Waals surface area contributed by atoms with Crippen LogP contribution in [0.4, 0.5) is 11.6 Å². The maximum Gasteiger partial charge on any atom is 0.338 e. The molecule has 1 atom stereocenters. The maximum atomic E-state index is 13.3. The molecule has 9 heteroatoms. The molecule has 0 fully saturated rings. The van der Waals surface area contributed by atoms with Crippen molar-refractivity contribution in [2.24, 2.45) is 0 Å². The third-order valence-electron chi connectivity index (χ3n) is 5.05. The molecule has 0 aliphatic carbocycles. The van der Waals surface area contributed by atoms with Gasteiger partial charge >= 0.3 is 5.97 Å².